The van der Waals surface area contributed by atoms with Gasteiger partial charge in [0.05, 0.1) is 23.2 Å². The van der Waals surface area contributed by atoms with E-state index in [0.29, 0.717) is 23.0 Å². The molecular formula is C22H19Cl2F4N3O2. The molecule has 1 aliphatic rings. The monoisotopic (exact) mass is 503 g/mol. The Morgan fingerprint density at radius 2 is 2.06 bits per heavy atom. The molecule has 0 spiro atoms. The van der Waals surface area contributed by atoms with E-state index in [2.05, 4.69) is 4.98 Å². The Kier molecular flexibility index (Phi) is 6.48. The molecule has 3 heterocycles. The Morgan fingerprint density at radius 1 is 1.30 bits per heavy atom. The van der Waals surface area contributed by atoms with Crippen molar-refractivity contribution in [2.45, 2.75) is 25.6 Å². The fourth-order valence-corrected chi connectivity index (χ4v) is 4.52. The lowest BCUT2D eigenvalue weighted by Crippen LogP contribution is -2.36. The number of alkyl halides is 3. The van der Waals surface area contributed by atoms with E-state index in [9.17, 15) is 17.6 Å². The maximum absolute atomic E-state index is 13.9. The zero-order chi connectivity index (χ0) is 23.9. The summed E-state index contributed by atoms with van der Waals surface area (Å²) in [6.07, 6.45) is 0.143. The second-order valence-electron chi connectivity index (χ2n) is 7.71. The summed E-state index contributed by atoms with van der Waals surface area (Å²) in [7, 11) is 0. The fraction of sp³-hybridized carbons (Fsp3) is 0.318. The number of ether oxygens (including phenoxy) is 1. The zero-order valence-corrected chi connectivity index (χ0v) is 18.9. The molecule has 4 rings (SSSR count). The molecule has 0 radical (unpaired) electrons. The van der Waals surface area contributed by atoms with Crippen molar-refractivity contribution < 1.29 is 26.7 Å². The third-order valence-corrected chi connectivity index (χ3v) is 6.14. The first-order valence-corrected chi connectivity index (χ1v) is 10.7. The van der Waals surface area contributed by atoms with E-state index in [1.54, 1.807) is 13.0 Å². The molecule has 0 aliphatic carbocycles. The highest BCUT2D eigenvalue weighted by molar-refractivity contribution is 6.36. The molecule has 2 aromatic heterocycles. The van der Waals surface area contributed by atoms with Crippen LogP contribution in [0.2, 0.25) is 10.0 Å². The number of nitrogens with zero attached hydrogens (tertiary/aromatic N) is 2. The average Bonchev–Trinajstić information content (AvgIpc) is 3.17. The van der Waals surface area contributed by atoms with Crippen LogP contribution in [0.4, 0.5) is 23.4 Å². The molecule has 3 aromatic rings. The summed E-state index contributed by atoms with van der Waals surface area (Å²) in [4.78, 5) is 5.50. The predicted octanol–water partition coefficient (Wildman–Crippen LogP) is 6.65. The summed E-state index contributed by atoms with van der Waals surface area (Å²) >= 11 is 12.3. The van der Waals surface area contributed by atoms with Gasteiger partial charge in [-0.3, -0.25) is 4.90 Å². The number of halogens is 6. The van der Waals surface area contributed by atoms with Crippen molar-refractivity contribution in [2.24, 2.45) is 0 Å². The molecule has 0 bridgehead atoms. The first-order chi connectivity index (χ1) is 15.5. The maximum atomic E-state index is 13.9. The van der Waals surface area contributed by atoms with Crippen molar-refractivity contribution in [3.05, 3.63) is 57.7 Å². The molecule has 0 amide bonds. The second kappa shape index (κ2) is 9.04. The first-order valence-electron chi connectivity index (χ1n) is 9.99. The van der Waals surface area contributed by atoms with Gasteiger partial charge in [0.25, 0.3) is 0 Å². The minimum Gasteiger partial charge on any atom is -0.478 e. The summed E-state index contributed by atoms with van der Waals surface area (Å²) in [5, 5.41) is 0.659. The molecule has 1 aromatic carbocycles. The molecule has 33 heavy (non-hydrogen) atoms. The van der Waals surface area contributed by atoms with Gasteiger partial charge in [-0.1, -0.05) is 29.3 Å². The molecule has 0 saturated carbocycles. The minimum absolute atomic E-state index is 0.0490. The van der Waals surface area contributed by atoms with E-state index < -0.39 is 24.6 Å². The van der Waals surface area contributed by atoms with Gasteiger partial charge in [-0.05, 0) is 31.1 Å². The number of anilines is 1. The lowest BCUT2D eigenvalue weighted by Gasteiger charge is -2.26. The van der Waals surface area contributed by atoms with Crippen LogP contribution < -0.4 is 10.5 Å². The van der Waals surface area contributed by atoms with Crippen LogP contribution in [0, 0.1) is 5.82 Å². The number of nitrogen functional groups attached to an aromatic ring is 1. The highest BCUT2D eigenvalue weighted by Gasteiger charge is 2.31. The molecule has 1 aliphatic heterocycles. The highest BCUT2D eigenvalue weighted by Crippen LogP contribution is 2.41. The molecule has 1 atom stereocenters. The number of benzene rings is 1. The Hall–Kier alpha value is -2.49. The number of hydrogen-bond donors (Lipinski definition) is 1. The fourth-order valence-electron chi connectivity index (χ4n) is 3.85. The molecule has 0 unspecified atom stereocenters. The van der Waals surface area contributed by atoms with Gasteiger partial charge in [-0.15, -0.1) is 0 Å². The number of furan rings is 1. The van der Waals surface area contributed by atoms with Gasteiger partial charge in [-0.2, -0.15) is 13.2 Å². The summed E-state index contributed by atoms with van der Waals surface area (Å²) in [5.41, 5.74) is 8.12. The van der Waals surface area contributed by atoms with Gasteiger partial charge < -0.3 is 14.9 Å². The molecule has 2 N–H and O–H groups in total. The van der Waals surface area contributed by atoms with Crippen LogP contribution in [0.25, 0.3) is 16.5 Å². The lowest BCUT2D eigenvalue weighted by atomic mass is 9.99. The van der Waals surface area contributed by atoms with E-state index in [-0.39, 0.29) is 40.3 Å². The number of pyridine rings is 1. The van der Waals surface area contributed by atoms with E-state index in [1.165, 1.54) is 23.4 Å². The summed E-state index contributed by atoms with van der Waals surface area (Å²) < 4.78 is 63.6. The van der Waals surface area contributed by atoms with E-state index in [1.807, 2.05) is 0 Å². The minimum atomic E-state index is -4.24. The van der Waals surface area contributed by atoms with Crippen molar-refractivity contribution in [1.29, 1.82) is 0 Å². The van der Waals surface area contributed by atoms with E-state index in [0.717, 1.165) is 11.6 Å². The molecule has 0 saturated heterocycles. The quantitative estimate of drug-likeness (QED) is 0.312. The average molecular weight is 504 g/mol. The number of rotatable bonds is 5. The van der Waals surface area contributed by atoms with Crippen LogP contribution in [-0.2, 0) is 0 Å². The van der Waals surface area contributed by atoms with Gasteiger partial charge in [0.15, 0.2) is 11.4 Å². The lowest BCUT2D eigenvalue weighted by molar-refractivity contribution is -0.144. The van der Waals surface area contributed by atoms with Crippen LogP contribution >= 0.6 is 23.2 Å². The summed E-state index contributed by atoms with van der Waals surface area (Å²) in [6.45, 7) is 1.11. The molecule has 5 nitrogen and oxygen atoms in total. The Bertz CT molecular complexity index is 1230. The standard InChI is InChI=1S/C22H19Cl2F4N3O2/c1-11(17-15(23)2-3-16(25)18(17)24)33-20-19-13(8-30-21(20)29)14(9-32-19)12-4-6-31(7-5-12)10-22(26,27)28/h2-4,8-9,11H,5-7,10H2,1H3,(H2,29,30)/t11-/m1/s1. The Morgan fingerprint density at radius 3 is 2.73 bits per heavy atom. The topological polar surface area (TPSA) is 64.5 Å². The smallest absolute Gasteiger partial charge is 0.401 e. The van der Waals surface area contributed by atoms with Crippen LogP contribution in [0.5, 0.6) is 5.75 Å². The van der Waals surface area contributed by atoms with Crippen molar-refractivity contribution in [1.82, 2.24) is 9.88 Å². The third-order valence-electron chi connectivity index (χ3n) is 5.42. The Balaban J connectivity index is 1.64. The number of fused-ring (bicyclic) bond motifs is 1. The Labute approximate surface area is 196 Å². The molecule has 0 fully saturated rings. The van der Waals surface area contributed by atoms with Crippen LogP contribution in [0.3, 0.4) is 0 Å². The van der Waals surface area contributed by atoms with E-state index >= 15 is 0 Å². The molecule has 11 heteroatoms. The number of nitrogens with two attached hydrogens (primary N) is 1. The molecular weight excluding hydrogens is 485 g/mol. The van der Waals surface area contributed by atoms with Crippen molar-refractivity contribution in [2.75, 3.05) is 25.4 Å². The highest BCUT2D eigenvalue weighted by atomic mass is 35.5. The van der Waals surface area contributed by atoms with E-state index in [4.69, 9.17) is 38.1 Å². The normalized spacial score (nSPS) is 16.2. The largest absolute Gasteiger partial charge is 0.478 e. The number of aromatic nitrogens is 1. The van der Waals surface area contributed by atoms with Gasteiger partial charge in [0.2, 0.25) is 5.75 Å². The van der Waals surface area contributed by atoms with Gasteiger partial charge in [-0.25, -0.2) is 9.37 Å². The predicted molar refractivity (Wildman–Crippen MR) is 119 cm³/mol. The summed E-state index contributed by atoms with van der Waals surface area (Å²) in [6, 6.07) is 2.53. The van der Waals surface area contributed by atoms with Crippen LogP contribution in [-0.4, -0.2) is 35.7 Å². The summed E-state index contributed by atoms with van der Waals surface area (Å²) in [5.74, 6) is -0.453. The van der Waals surface area contributed by atoms with Gasteiger partial charge in [0, 0.05) is 35.4 Å². The third kappa shape index (κ3) is 4.90. The van der Waals surface area contributed by atoms with Crippen LogP contribution in [0.15, 0.2) is 35.1 Å². The first kappa shape index (κ1) is 23.7. The van der Waals surface area contributed by atoms with Gasteiger partial charge in [0.1, 0.15) is 11.9 Å². The molecule has 176 valence electrons. The van der Waals surface area contributed by atoms with Crippen molar-refractivity contribution in [3.63, 3.8) is 0 Å². The second-order valence-corrected chi connectivity index (χ2v) is 8.50. The van der Waals surface area contributed by atoms with Crippen molar-refractivity contribution >= 4 is 45.6 Å². The maximum Gasteiger partial charge on any atom is 0.401 e. The van der Waals surface area contributed by atoms with Crippen molar-refractivity contribution in [3.8, 4) is 5.75 Å². The SMILES string of the molecule is C[C@@H](Oc1c(N)ncc2c(C3=CCN(CC(F)(F)F)CC3)coc12)c1c(Cl)ccc(F)c1Cl. The van der Waals surface area contributed by atoms with Gasteiger partial charge >= 0.3 is 6.18 Å². The van der Waals surface area contributed by atoms with Crippen LogP contribution in [0.1, 0.15) is 30.6 Å². The number of hydrogen-bond acceptors (Lipinski definition) is 5. The zero-order valence-electron chi connectivity index (χ0n) is 17.3.